The van der Waals surface area contributed by atoms with E-state index in [0.29, 0.717) is 11.6 Å². The highest BCUT2D eigenvalue weighted by Gasteiger charge is 2.26. The fourth-order valence-electron chi connectivity index (χ4n) is 0.857. The summed E-state index contributed by atoms with van der Waals surface area (Å²) in [5.74, 6) is 0.687. The van der Waals surface area contributed by atoms with Gasteiger partial charge in [0.15, 0.2) is 5.69 Å². The minimum absolute atomic E-state index is 0.576. The summed E-state index contributed by atoms with van der Waals surface area (Å²) in [7, 11) is 0. The second-order valence-electron chi connectivity index (χ2n) is 2.46. The fourth-order valence-corrected chi connectivity index (χ4v) is 1.77. The number of hydrogen-bond donors (Lipinski definition) is 0. The molecule has 1 saturated carbocycles. The predicted octanol–water partition coefficient (Wildman–Crippen LogP) is 1.89. The summed E-state index contributed by atoms with van der Waals surface area (Å²) in [5.41, 5.74) is 0.576. The molecule has 1 aliphatic carbocycles. The molecule has 0 aromatic carbocycles. The lowest BCUT2D eigenvalue weighted by atomic mass is 10.4. The number of hydrogen-bond acceptors (Lipinski definition) is 3. The Morgan fingerprint density at radius 3 is 3.00 bits per heavy atom. The number of thiazole rings is 1. The Labute approximate surface area is 63.1 Å². The molecule has 3 heteroatoms. The molecule has 0 N–H and O–H groups in total. The minimum Gasteiger partial charge on any atom is -0.230 e. The lowest BCUT2D eigenvalue weighted by Gasteiger charge is -1.81. The summed E-state index contributed by atoms with van der Waals surface area (Å²) >= 11 is 1.61. The third-order valence-corrected chi connectivity index (χ3v) is 2.57. The Balaban J connectivity index is 2.29. The molecule has 10 heavy (non-hydrogen) atoms. The molecular formula is C7H6N2S. The first kappa shape index (κ1) is 5.87. The van der Waals surface area contributed by atoms with E-state index in [2.05, 4.69) is 4.98 Å². The smallest absolute Gasteiger partial charge is 0.151 e. The average molecular weight is 150 g/mol. The normalized spacial score (nSPS) is 16.7. The van der Waals surface area contributed by atoms with E-state index in [1.165, 1.54) is 12.8 Å². The van der Waals surface area contributed by atoms with Crippen molar-refractivity contribution in [2.75, 3.05) is 0 Å². The number of nitrogens with zero attached hydrogens (tertiary/aromatic N) is 2. The van der Waals surface area contributed by atoms with Crippen LogP contribution in [0, 0.1) is 11.3 Å². The fraction of sp³-hybridized carbons (Fsp3) is 0.429. The van der Waals surface area contributed by atoms with Gasteiger partial charge in [0, 0.05) is 11.3 Å². The van der Waals surface area contributed by atoms with Crippen LogP contribution >= 0.6 is 11.3 Å². The zero-order chi connectivity index (χ0) is 6.97. The summed E-state index contributed by atoms with van der Waals surface area (Å²) in [4.78, 5) is 4.15. The Hall–Kier alpha value is -0.880. The lowest BCUT2D eigenvalue weighted by Crippen LogP contribution is -1.76. The summed E-state index contributed by atoms with van der Waals surface area (Å²) < 4.78 is 0. The van der Waals surface area contributed by atoms with E-state index in [4.69, 9.17) is 5.26 Å². The molecule has 2 nitrogen and oxygen atoms in total. The van der Waals surface area contributed by atoms with E-state index in [0.717, 1.165) is 5.01 Å². The quantitative estimate of drug-likeness (QED) is 0.613. The molecule has 0 aliphatic heterocycles. The van der Waals surface area contributed by atoms with Crippen LogP contribution in [0.1, 0.15) is 29.5 Å². The maximum Gasteiger partial charge on any atom is 0.151 e. The van der Waals surface area contributed by atoms with E-state index < -0.39 is 0 Å². The van der Waals surface area contributed by atoms with Crippen LogP contribution in [0.5, 0.6) is 0 Å². The van der Waals surface area contributed by atoms with Gasteiger partial charge >= 0.3 is 0 Å². The molecular weight excluding hydrogens is 144 g/mol. The molecule has 0 radical (unpaired) electrons. The summed E-state index contributed by atoms with van der Waals surface area (Å²) in [6.07, 6.45) is 2.52. The average Bonchev–Trinajstić information content (AvgIpc) is 2.70. The standard InChI is InChI=1S/C7H6N2S/c8-3-6-4-10-7(9-6)5-1-2-5/h4-5H,1-2H2. The Morgan fingerprint density at radius 1 is 1.70 bits per heavy atom. The van der Waals surface area contributed by atoms with E-state index >= 15 is 0 Å². The second-order valence-corrected chi connectivity index (χ2v) is 3.35. The number of rotatable bonds is 1. The molecule has 50 valence electrons. The molecule has 0 saturated heterocycles. The van der Waals surface area contributed by atoms with Crippen molar-refractivity contribution in [3.8, 4) is 6.07 Å². The minimum atomic E-state index is 0.576. The monoisotopic (exact) mass is 150 g/mol. The zero-order valence-electron chi connectivity index (χ0n) is 5.37. The van der Waals surface area contributed by atoms with Gasteiger partial charge in [-0.2, -0.15) is 5.26 Å². The first-order chi connectivity index (χ1) is 4.90. The predicted molar refractivity (Wildman–Crippen MR) is 38.8 cm³/mol. The van der Waals surface area contributed by atoms with Crippen molar-refractivity contribution < 1.29 is 0 Å². The van der Waals surface area contributed by atoms with E-state index in [9.17, 15) is 0 Å². The molecule has 0 atom stereocenters. The Bertz CT molecular complexity index is 280. The molecule has 2 rings (SSSR count). The van der Waals surface area contributed by atoms with Crippen LogP contribution in [0.15, 0.2) is 5.38 Å². The van der Waals surface area contributed by atoms with Crippen LogP contribution in [-0.2, 0) is 0 Å². The molecule has 0 bridgehead atoms. The third-order valence-electron chi connectivity index (χ3n) is 1.56. The molecule has 1 aromatic heterocycles. The van der Waals surface area contributed by atoms with Crippen molar-refractivity contribution in [1.29, 1.82) is 5.26 Å². The van der Waals surface area contributed by atoms with Crippen molar-refractivity contribution in [1.82, 2.24) is 4.98 Å². The number of nitriles is 1. The topological polar surface area (TPSA) is 36.7 Å². The highest BCUT2D eigenvalue weighted by Crippen LogP contribution is 2.41. The SMILES string of the molecule is N#Cc1csc(C2CC2)n1. The first-order valence-electron chi connectivity index (χ1n) is 3.25. The van der Waals surface area contributed by atoms with Gasteiger partial charge in [0.25, 0.3) is 0 Å². The van der Waals surface area contributed by atoms with Crippen molar-refractivity contribution in [2.45, 2.75) is 18.8 Å². The van der Waals surface area contributed by atoms with Gasteiger partial charge in [0.2, 0.25) is 0 Å². The van der Waals surface area contributed by atoms with Crippen molar-refractivity contribution >= 4 is 11.3 Å². The van der Waals surface area contributed by atoms with Gasteiger partial charge < -0.3 is 0 Å². The van der Waals surface area contributed by atoms with E-state index in [1.807, 2.05) is 11.4 Å². The van der Waals surface area contributed by atoms with Gasteiger partial charge in [-0.05, 0) is 12.8 Å². The third kappa shape index (κ3) is 0.910. The molecule has 0 spiro atoms. The van der Waals surface area contributed by atoms with Crippen molar-refractivity contribution in [3.63, 3.8) is 0 Å². The molecule has 1 aliphatic rings. The highest BCUT2D eigenvalue weighted by atomic mass is 32.1. The Kier molecular flexibility index (Phi) is 1.21. The van der Waals surface area contributed by atoms with E-state index in [1.54, 1.807) is 11.3 Å². The van der Waals surface area contributed by atoms with Crippen LogP contribution in [-0.4, -0.2) is 4.98 Å². The molecule has 0 amide bonds. The van der Waals surface area contributed by atoms with Crippen LogP contribution < -0.4 is 0 Å². The van der Waals surface area contributed by atoms with Gasteiger partial charge in [0.05, 0.1) is 5.01 Å². The summed E-state index contributed by atoms with van der Waals surface area (Å²) in [6.45, 7) is 0. The van der Waals surface area contributed by atoms with Crippen LogP contribution in [0.2, 0.25) is 0 Å². The Morgan fingerprint density at radius 2 is 2.50 bits per heavy atom. The van der Waals surface area contributed by atoms with Crippen molar-refractivity contribution in [2.24, 2.45) is 0 Å². The van der Waals surface area contributed by atoms with Gasteiger partial charge in [-0.1, -0.05) is 0 Å². The van der Waals surface area contributed by atoms with Crippen LogP contribution in [0.4, 0.5) is 0 Å². The molecule has 1 aromatic rings. The van der Waals surface area contributed by atoms with Gasteiger partial charge in [-0.3, -0.25) is 0 Å². The maximum atomic E-state index is 8.45. The highest BCUT2D eigenvalue weighted by molar-refractivity contribution is 7.09. The summed E-state index contributed by atoms with van der Waals surface area (Å²) in [5, 5.41) is 11.4. The van der Waals surface area contributed by atoms with Crippen molar-refractivity contribution in [3.05, 3.63) is 16.1 Å². The maximum absolute atomic E-state index is 8.45. The van der Waals surface area contributed by atoms with Crippen LogP contribution in [0.25, 0.3) is 0 Å². The summed E-state index contributed by atoms with van der Waals surface area (Å²) in [6, 6.07) is 2.03. The molecule has 1 heterocycles. The van der Waals surface area contributed by atoms with Gasteiger partial charge in [-0.25, -0.2) is 4.98 Å². The largest absolute Gasteiger partial charge is 0.230 e. The molecule has 1 fully saturated rings. The van der Waals surface area contributed by atoms with Gasteiger partial charge in [-0.15, -0.1) is 11.3 Å². The van der Waals surface area contributed by atoms with Gasteiger partial charge in [0.1, 0.15) is 6.07 Å². The lowest BCUT2D eigenvalue weighted by molar-refractivity contribution is 1.07. The zero-order valence-corrected chi connectivity index (χ0v) is 6.19. The number of aromatic nitrogens is 1. The molecule has 0 unspecified atom stereocenters. The van der Waals surface area contributed by atoms with E-state index in [-0.39, 0.29) is 0 Å². The second kappa shape index (κ2) is 2.06. The first-order valence-corrected chi connectivity index (χ1v) is 4.13. The van der Waals surface area contributed by atoms with Crippen LogP contribution in [0.3, 0.4) is 0 Å².